The van der Waals surface area contributed by atoms with Crippen LogP contribution < -0.4 is 0 Å². The standard InChI is InChI=1S/C8H11N3/c1-8-4-7-11(10-8)6-3-5-9-2/h3-7H,1-2H3. The van der Waals surface area contributed by atoms with Crippen LogP contribution in [0.15, 0.2) is 23.3 Å². The first-order chi connectivity index (χ1) is 5.33. The van der Waals surface area contributed by atoms with Crippen molar-refractivity contribution in [1.29, 1.82) is 0 Å². The van der Waals surface area contributed by atoms with Crippen LogP contribution in [0.2, 0.25) is 0 Å². The zero-order valence-electron chi connectivity index (χ0n) is 6.73. The molecule has 1 aromatic heterocycles. The highest BCUT2D eigenvalue weighted by Gasteiger charge is 1.85. The van der Waals surface area contributed by atoms with Gasteiger partial charge in [-0.1, -0.05) is 0 Å². The summed E-state index contributed by atoms with van der Waals surface area (Å²) in [7, 11) is 1.73. The first kappa shape index (κ1) is 7.72. The van der Waals surface area contributed by atoms with E-state index in [2.05, 4.69) is 10.1 Å². The van der Waals surface area contributed by atoms with Crippen LogP contribution in [0.25, 0.3) is 6.20 Å². The fourth-order valence-corrected chi connectivity index (χ4v) is 0.729. The van der Waals surface area contributed by atoms with Gasteiger partial charge < -0.3 is 0 Å². The van der Waals surface area contributed by atoms with Crippen LogP contribution in [0.5, 0.6) is 0 Å². The molecule has 58 valence electrons. The summed E-state index contributed by atoms with van der Waals surface area (Å²) in [5, 5.41) is 4.15. The van der Waals surface area contributed by atoms with Gasteiger partial charge in [-0.05, 0) is 19.1 Å². The number of hydrogen-bond acceptors (Lipinski definition) is 2. The summed E-state index contributed by atoms with van der Waals surface area (Å²) >= 11 is 0. The highest BCUT2D eigenvalue weighted by molar-refractivity contribution is 5.74. The molecule has 0 aliphatic heterocycles. The fraction of sp³-hybridized carbons (Fsp3) is 0.250. The van der Waals surface area contributed by atoms with E-state index in [0.717, 1.165) is 5.69 Å². The number of allylic oxidation sites excluding steroid dienone is 1. The van der Waals surface area contributed by atoms with E-state index in [1.54, 1.807) is 17.9 Å². The van der Waals surface area contributed by atoms with Crippen molar-refractivity contribution in [3.8, 4) is 0 Å². The molecule has 0 saturated heterocycles. The predicted octanol–water partition coefficient (Wildman–Crippen LogP) is 1.36. The molecule has 0 unspecified atom stereocenters. The van der Waals surface area contributed by atoms with Crippen molar-refractivity contribution < 1.29 is 0 Å². The smallest absolute Gasteiger partial charge is 0.0597 e. The number of hydrogen-bond donors (Lipinski definition) is 0. The number of rotatable bonds is 2. The van der Waals surface area contributed by atoms with Crippen molar-refractivity contribution in [3.63, 3.8) is 0 Å². The van der Waals surface area contributed by atoms with Gasteiger partial charge in [-0.3, -0.25) is 4.99 Å². The maximum atomic E-state index is 4.15. The molecule has 0 saturated carbocycles. The molecule has 1 heterocycles. The zero-order chi connectivity index (χ0) is 8.10. The highest BCUT2D eigenvalue weighted by atomic mass is 15.3. The lowest BCUT2D eigenvalue weighted by molar-refractivity contribution is 0.912. The molecule has 0 N–H and O–H groups in total. The molecule has 0 aliphatic rings. The summed E-state index contributed by atoms with van der Waals surface area (Å²) in [5.41, 5.74) is 1.02. The second kappa shape index (κ2) is 3.71. The van der Waals surface area contributed by atoms with Crippen LogP contribution in [-0.2, 0) is 0 Å². The van der Waals surface area contributed by atoms with E-state index in [1.165, 1.54) is 0 Å². The summed E-state index contributed by atoms with van der Waals surface area (Å²) in [6, 6.07) is 1.95. The van der Waals surface area contributed by atoms with Crippen molar-refractivity contribution in [3.05, 3.63) is 24.0 Å². The average molecular weight is 149 g/mol. The third-order valence-electron chi connectivity index (χ3n) is 1.22. The van der Waals surface area contributed by atoms with Crippen molar-refractivity contribution >= 4 is 12.4 Å². The molecule has 0 bridgehead atoms. The normalized spacial score (nSPS) is 11.8. The minimum absolute atomic E-state index is 1.02. The van der Waals surface area contributed by atoms with Crippen molar-refractivity contribution in [2.45, 2.75) is 6.92 Å². The molecule has 0 aromatic carbocycles. The number of aryl methyl sites for hydroxylation is 1. The number of aliphatic imine (C=N–C) groups is 1. The lowest BCUT2D eigenvalue weighted by Crippen LogP contribution is -1.86. The minimum Gasteiger partial charge on any atom is -0.296 e. The molecule has 3 nitrogen and oxygen atoms in total. The van der Waals surface area contributed by atoms with Gasteiger partial charge in [0.05, 0.1) is 5.69 Å². The van der Waals surface area contributed by atoms with E-state index in [0.29, 0.717) is 0 Å². The van der Waals surface area contributed by atoms with Gasteiger partial charge in [0, 0.05) is 25.7 Å². The highest BCUT2D eigenvalue weighted by Crippen LogP contribution is 1.91. The van der Waals surface area contributed by atoms with Gasteiger partial charge in [0.15, 0.2) is 0 Å². The maximum Gasteiger partial charge on any atom is 0.0597 e. The minimum atomic E-state index is 1.02. The molecular formula is C8H11N3. The van der Waals surface area contributed by atoms with E-state index >= 15 is 0 Å². The van der Waals surface area contributed by atoms with Crippen molar-refractivity contribution in [2.24, 2.45) is 4.99 Å². The molecule has 0 spiro atoms. The SMILES string of the molecule is CN=CC=Cn1ccc(C)n1. The molecule has 3 heteroatoms. The van der Waals surface area contributed by atoms with Gasteiger partial charge in [-0.25, -0.2) is 4.68 Å². The molecule has 0 radical (unpaired) electrons. The van der Waals surface area contributed by atoms with Crippen LogP contribution in [0.1, 0.15) is 5.69 Å². The first-order valence-corrected chi connectivity index (χ1v) is 3.43. The van der Waals surface area contributed by atoms with Gasteiger partial charge in [0.2, 0.25) is 0 Å². The summed E-state index contributed by atoms with van der Waals surface area (Å²) in [6.45, 7) is 1.96. The van der Waals surface area contributed by atoms with Crippen LogP contribution in [-0.4, -0.2) is 23.0 Å². The molecule has 1 aromatic rings. The van der Waals surface area contributed by atoms with E-state index in [1.807, 2.05) is 31.5 Å². The van der Waals surface area contributed by atoms with Gasteiger partial charge in [-0.2, -0.15) is 5.10 Å². The van der Waals surface area contributed by atoms with E-state index in [9.17, 15) is 0 Å². The number of nitrogens with zero attached hydrogens (tertiary/aromatic N) is 3. The predicted molar refractivity (Wildman–Crippen MR) is 46.7 cm³/mol. The molecule has 11 heavy (non-hydrogen) atoms. The van der Waals surface area contributed by atoms with Crippen LogP contribution in [0.4, 0.5) is 0 Å². The molecule has 0 amide bonds. The average Bonchev–Trinajstić information content (AvgIpc) is 2.37. The Kier molecular flexibility index (Phi) is 2.60. The Morgan fingerprint density at radius 1 is 1.64 bits per heavy atom. The first-order valence-electron chi connectivity index (χ1n) is 3.43. The Labute approximate surface area is 66.1 Å². The Bertz CT molecular complexity index is 271. The van der Waals surface area contributed by atoms with Gasteiger partial charge in [-0.15, -0.1) is 0 Å². The fourth-order valence-electron chi connectivity index (χ4n) is 0.729. The Morgan fingerprint density at radius 3 is 3.00 bits per heavy atom. The largest absolute Gasteiger partial charge is 0.296 e. The lowest BCUT2D eigenvalue weighted by atomic mass is 10.5. The molecule has 0 atom stereocenters. The second-order valence-corrected chi connectivity index (χ2v) is 2.19. The van der Waals surface area contributed by atoms with Gasteiger partial charge in [0.25, 0.3) is 0 Å². The Balaban J connectivity index is 2.64. The van der Waals surface area contributed by atoms with E-state index in [-0.39, 0.29) is 0 Å². The Morgan fingerprint density at radius 2 is 2.45 bits per heavy atom. The summed E-state index contributed by atoms with van der Waals surface area (Å²) < 4.78 is 1.75. The summed E-state index contributed by atoms with van der Waals surface area (Å²) in [5.74, 6) is 0. The quantitative estimate of drug-likeness (QED) is 0.584. The van der Waals surface area contributed by atoms with Crippen LogP contribution >= 0.6 is 0 Å². The zero-order valence-corrected chi connectivity index (χ0v) is 6.73. The summed E-state index contributed by atoms with van der Waals surface area (Å²) in [6.07, 6.45) is 7.30. The van der Waals surface area contributed by atoms with Gasteiger partial charge in [0.1, 0.15) is 0 Å². The van der Waals surface area contributed by atoms with Crippen LogP contribution in [0.3, 0.4) is 0 Å². The van der Waals surface area contributed by atoms with E-state index < -0.39 is 0 Å². The molecule has 0 fully saturated rings. The maximum absolute atomic E-state index is 4.15. The monoisotopic (exact) mass is 149 g/mol. The molecule has 0 aliphatic carbocycles. The Hall–Kier alpha value is -1.38. The third-order valence-corrected chi connectivity index (χ3v) is 1.22. The van der Waals surface area contributed by atoms with E-state index in [4.69, 9.17) is 0 Å². The molecular weight excluding hydrogens is 138 g/mol. The molecule has 1 rings (SSSR count). The van der Waals surface area contributed by atoms with Gasteiger partial charge >= 0.3 is 0 Å². The van der Waals surface area contributed by atoms with Crippen LogP contribution in [0, 0.1) is 6.92 Å². The van der Waals surface area contributed by atoms with Crippen molar-refractivity contribution in [1.82, 2.24) is 9.78 Å². The topological polar surface area (TPSA) is 30.2 Å². The third kappa shape index (κ3) is 2.37. The summed E-state index contributed by atoms with van der Waals surface area (Å²) in [4.78, 5) is 3.80. The lowest BCUT2D eigenvalue weighted by Gasteiger charge is -1.85. The second-order valence-electron chi connectivity index (χ2n) is 2.19. The van der Waals surface area contributed by atoms with Crippen molar-refractivity contribution in [2.75, 3.05) is 7.05 Å². The number of aromatic nitrogens is 2.